The highest BCUT2D eigenvalue weighted by molar-refractivity contribution is 6.31. The van der Waals surface area contributed by atoms with E-state index in [1.165, 1.54) is 13.0 Å². The lowest BCUT2D eigenvalue weighted by molar-refractivity contribution is -0.137. The predicted octanol–water partition coefficient (Wildman–Crippen LogP) is 2.85. The minimum Gasteiger partial charge on any atom is -0.306 e. The Morgan fingerprint density at radius 1 is 1.38 bits per heavy atom. The number of rotatable bonds is 2. The van der Waals surface area contributed by atoms with Gasteiger partial charge in [-0.05, 0) is 25.1 Å². The number of nitrogens with zero attached hydrogens (tertiary/aromatic N) is 1. The molecule has 0 aliphatic carbocycles. The van der Waals surface area contributed by atoms with Gasteiger partial charge < -0.3 is 5.32 Å². The lowest BCUT2D eigenvalue weighted by Crippen LogP contribution is -2.38. The third-order valence-corrected chi connectivity index (χ3v) is 2.51. The molecule has 21 heavy (non-hydrogen) atoms. The first-order valence-corrected chi connectivity index (χ1v) is 5.96. The normalized spacial score (nSPS) is 12.2. The van der Waals surface area contributed by atoms with E-state index in [1.807, 2.05) is 5.32 Å². The van der Waals surface area contributed by atoms with Crippen LogP contribution in [0.25, 0.3) is 0 Å². The van der Waals surface area contributed by atoms with Crippen LogP contribution in [0, 0.1) is 11.3 Å². The summed E-state index contributed by atoms with van der Waals surface area (Å²) in [6, 6.07) is 2.78. The van der Waals surface area contributed by atoms with Crippen molar-refractivity contribution >= 4 is 29.2 Å². The third kappa shape index (κ3) is 4.65. The van der Waals surface area contributed by atoms with Crippen LogP contribution in [0.2, 0.25) is 0 Å². The molecule has 0 spiro atoms. The number of benzene rings is 1. The molecule has 1 aromatic carbocycles. The Morgan fingerprint density at radius 2 is 2.00 bits per heavy atom. The molecule has 3 amide bonds. The number of nitrogens with one attached hydrogen (secondary N) is 2. The first-order chi connectivity index (χ1) is 9.65. The molecule has 0 saturated heterocycles. The highest BCUT2D eigenvalue weighted by Gasteiger charge is 2.31. The Labute approximate surface area is 122 Å². The summed E-state index contributed by atoms with van der Waals surface area (Å²) in [6.45, 7) is 1.34. The number of alkyl halides is 4. The number of amides is 3. The molecule has 0 heterocycles. The fourth-order valence-electron chi connectivity index (χ4n) is 1.29. The number of anilines is 1. The lowest BCUT2D eigenvalue weighted by Gasteiger charge is -2.11. The van der Waals surface area contributed by atoms with Gasteiger partial charge in [0.2, 0.25) is 5.91 Å². The summed E-state index contributed by atoms with van der Waals surface area (Å²) in [5.41, 5.74) is -1.56. The van der Waals surface area contributed by atoms with Gasteiger partial charge in [-0.2, -0.15) is 18.4 Å². The van der Waals surface area contributed by atoms with Crippen molar-refractivity contribution < 1.29 is 22.8 Å². The predicted molar refractivity (Wildman–Crippen MR) is 68.6 cm³/mol. The number of hydrogen-bond acceptors (Lipinski definition) is 3. The second-order valence-corrected chi connectivity index (χ2v) is 4.58. The highest BCUT2D eigenvalue weighted by atomic mass is 35.5. The maximum atomic E-state index is 12.5. The molecule has 5 nitrogen and oxygen atoms in total. The molecule has 1 unspecified atom stereocenters. The fraction of sp³-hybridized carbons (Fsp3) is 0.250. The summed E-state index contributed by atoms with van der Waals surface area (Å²) in [7, 11) is 0. The molecule has 0 aliphatic rings. The van der Waals surface area contributed by atoms with Gasteiger partial charge in [-0.3, -0.25) is 10.1 Å². The maximum Gasteiger partial charge on any atom is 0.416 e. The summed E-state index contributed by atoms with van der Waals surface area (Å²) in [5.74, 6) is -0.778. The second-order valence-electron chi connectivity index (χ2n) is 3.93. The summed E-state index contributed by atoms with van der Waals surface area (Å²) in [5, 5.41) is 11.8. The Bertz CT molecular complexity index is 609. The van der Waals surface area contributed by atoms with E-state index in [-0.39, 0.29) is 11.3 Å². The summed E-state index contributed by atoms with van der Waals surface area (Å²) in [6.07, 6.45) is -4.60. The number of urea groups is 1. The number of hydrogen-bond donors (Lipinski definition) is 2. The number of imide groups is 1. The van der Waals surface area contributed by atoms with E-state index in [4.69, 9.17) is 16.9 Å². The minimum absolute atomic E-state index is 0.155. The van der Waals surface area contributed by atoms with E-state index >= 15 is 0 Å². The fourth-order valence-corrected chi connectivity index (χ4v) is 1.34. The zero-order valence-electron chi connectivity index (χ0n) is 10.6. The number of carbonyl (C=O) groups is 2. The van der Waals surface area contributed by atoms with E-state index in [0.29, 0.717) is 12.1 Å². The molecule has 0 bridgehead atoms. The first-order valence-electron chi connectivity index (χ1n) is 5.52. The van der Waals surface area contributed by atoms with E-state index in [2.05, 4.69) is 5.32 Å². The molecular formula is C12H9ClF3N3O2. The Kier molecular flexibility index (Phi) is 5.16. The summed E-state index contributed by atoms with van der Waals surface area (Å²) < 4.78 is 37.5. The smallest absolute Gasteiger partial charge is 0.306 e. The molecule has 0 saturated carbocycles. The zero-order valence-corrected chi connectivity index (χ0v) is 11.3. The largest absolute Gasteiger partial charge is 0.416 e. The average molecular weight is 320 g/mol. The van der Waals surface area contributed by atoms with Crippen LogP contribution in [0.3, 0.4) is 0 Å². The van der Waals surface area contributed by atoms with E-state index < -0.39 is 29.1 Å². The van der Waals surface area contributed by atoms with Crippen molar-refractivity contribution in [2.45, 2.75) is 18.5 Å². The molecule has 112 valence electrons. The topological polar surface area (TPSA) is 82.0 Å². The molecule has 9 heteroatoms. The van der Waals surface area contributed by atoms with Crippen molar-refractivity contribution in [2.24, 2.45) is 0 Å². The Balaban J connectivity index is 2.93. The van der Waals surface area contributed by atoms with Crippen LogP contribution in [0.15, 0.2) is 18.2 Å². The van der Waals surface area contributed by atoms with Crippen LogP contribution in [0.5, 0.6) is 0 Å². The van der Waals surface area contributed by atoms with Gasteiger partial charge in [-0.15, -0.1) is 11.6 Å². The molecular weight excluding hydrogens is 311 g/mol. The highest BCUT2D eigenvalue weighted by Crippen LogP contribution is 2.31. The maximum absolute atomic E-state index is 12.5. The molecule has 1 rings (SSSR count). The van der Waals surface area contributed by atoms with Gasteiger partial charge in [0, 0.05) is 0 Å². The van der Waals surface area contributed by atoms with Crippen LogP contribution in [0.4, 0.5) is 23.7 Å². The van der Waals surface area contributed by atoms with Crippen molar-refractivity contribution in [3.63, 3.8) is 0 Å². The van der Waals surface area contributed by atoms with Gasteiger partial charge in [0.25, 0.3) is 0 Å². The summed E-state index contributed by atoms with van der Waals surface area (Å²) >= 11 is 5.44. The van der Waals surface area contributed by atoms with Gasteiger partial charge in [-0.25, -0.2) is 4.79 Å². The van der Waals surface area contributed by atoms with Gasteiger partial charge in [0.1, 0.15) is 11.4 Å². The monoisotopic (exact) mass is 319 g/mol. The SMILES string of the molecule is CC(Cl)C(=O)NC(=O)Nc1ccc(C(F)(F)F)cc1C#N. The van der Waals surface area contributed by atoms with E-state index in [1.54, 1.807) is 0 Å². The molecule has 1 atom stereocenters. The van der Waals surface area contributed by atoms with Gasteiger partial charge in [0.05, 0.1) is 16.8 Å². The number of nitriles is 1. The lowest BCUT2D eigenvalue weighted by atomic mass is 10.1. The van der Waals surface area contributed by atoms with Crippen molar-refractivity contribution in [1.29, 1.82) is 5.26 Å². The van der Waals surface area contributed by atoms with Crippen LogP contribution in [0.1, 0.15) is 18.1 Å². The van der Waals surface area contributed by atoms with Crippen LogP contribution < -0.4 is 10.6 Å². The molecule has 0 aromatic heterocycles. The van der Waals surface area contributed by atoms with Gasteiger partial charge >= 0.3 is 12.2 Å². The Morgan fingerprint density at radius 3 is 2.48 bits per heavy atom. The standard InChI is InChI=1S/C12H9ClF3N3O2/c1-6(13)10(20)19-11(21)18-9-3-2-8(12(14,15)16)4-7(9)5-17/h2-4,6H,1H3,(H2,18,19,20,21). The molecule has 2 N–H and O–H groups in total. The third-order valence-electron chi connectivity index (χ3n) is 2.31. The van der Waals surface area contributed by atoms with Gasteiger partial charge in [-0.1, -0.05) is 0 Å². The Hall–Kier alpha value is -2.27. The second kappa shape index (κ2) is 6.45. The van der Waals surface area contributed by atoms with Crippen LogP contribution in [-0.4, -0.2) is 17.3 Å². The number of carbonyl (C=O) groups excluding carboxylic acids is 2. The quantitative estimate of drug-likeness (QED) is 0.822. The molecule has 0 fully saturated rings. The minimum atomic E-state index is -4.60. The molecule has 0 radical (unpaired) electrons. The van der Waals surface area contributed by atoms with Crippen molar-refractivity contribution in [2.75, 3.05) is 5.32 Å². The van der Waals surface area contributed by atoms with Crippen molar-refractivity contribution in [3.05, 3.63) is 29.3 Å². The molecule has 0 aliphatic heterocycles. The van der Waals surface area contributed by atoms with Crippen LogP contribution >= 0.6 is 11.6 Å². The first kappa shape index (κ1) is 16.8. The van der Waals surface area contributed by atoms with Crippen LogP contribution in [-0.2, 0) is 11.0 Å². The summed E-state index contributed by atoms with van der Waals surface area (Å²) in [4.78, 5) is 22.6. The van der Waals surface area contributed by atoms with Gasteiger partial charge in [0.15, 0.2) is 0 Å². The van der Waals surface area contributed by atoms with Crippen molar-refractivity contribution in [1.82, 2.24) is 5.32 Å². The van der Waals surface area contributed by atoms with Crippen molar-refractivity contribution in [3.8, 4) is 6.07 Å². The molecule has 1 aromatic rings. The number of halogens is 4. The zero-order chi connectivity index (χ0) is 16.2. The van der Waals surface area contributed by atoms with E-state index in [9.17, 15) is 22.8 Å². The van der Waals surface area contributed by atoms with E-state index in [0.717, 1.165) is 6.07 Å². The average Bonchev–Trinajstić information content (AvgIpc) is 2.37.